The third-order valence-corrected chi connectivity index (χ3v) is 6.35. The van der Waals surface area contributed by atoms with Gasteiger partial charge in [0.15, 0.2) is 11.0 Å². The van der Waals surface area contributed by atoms with Gasteiger partial charge in [0.05, 0.1) is 24.1 Å². The first kappa shape index (κ1) is 23.3. The van der Waals surface area contributed by atoms with Gasteiger partial charge in [0.2, 0.25) is 5.91 Å². The molecule has 0 saturated heterocycles. The highest BCUT2D eigenvalue weighted by atomic mass is 32.2. The van der Waals surface area contributed by atoms with Crippen LogP contribution in [0, 0.1) is 17.1 Å². The molecule has 172 valence electrons. The van der Waals surface area contributed by atoms with E-state index in [1.807, 2.05) is 6.07 Å². The largest absolute Gasteiger partial charge is 0.497 e. The normalized spacial score (nSPS) is 10.5. The molecule has 4 aromatic rings. The number of hydrogen-bond donors (Lipinski definition) is 1. The maximum absolute atomic E-state index is 14.6. The van der Waals surface area contributed by atoms with Gasteiger partial charge >= 0.3 is 0 Å². The number of amides is 1. The van der Waals surface area contributed by atoms with Gasteiger partial charge in [-0.25, -0.2) is 4.39 Å². The monoisotopic (exact) mass is 495 g/mol. The zero-order valence-corrected chi connectivity index (χ0v) is 19.5. The van der Waals surface area contributed by atoms with E-state index < -0.39 is 5.82 Å². The zero-order valence-electron chi connectivity index (χ0n) is 17.9. The maximum atomic E-state index is 14.6. The Morgan fingerprint density at radius 1 is 1.18 bits per heavy atom. The number of benzene rings is 2. The fourth-order valence-corrected chi connectivity index (χ4v) is 4.49. The summed E-state index contributed by atoms with van der Waals surface area (Å²) in [4.78, 5) is 12.4. The van der Waals surface area contributed by atoms with Crippen molar-refractivity contribution in [2.24, 2.45) is 0 Å². The molecule has 11 heteroatoms. The van der Waals surface area contributed by atoms with Crippen molar-refractivity contribution in [2.45, 2.75) is 11.8 Å². The minimum absolute atomic E-state index is 0.00527. The number of hydrogen-bond acceptors (Lipinski definition) is 8. The number of carbonyl (C=O) groups excluding carboxylic acids is 1. The Hall–Kier alpha value is -3.88. The van der Waals surface area contributed by atoms with E-state index in [1.165, 1.54) is 22.0 Å². The van der Waals surface area contributed by atoms with E-state index in [1.54, 1.807) is 61.0 Å². The topological polar surface area (TPSA) is 102 Å². The van der Waals surface area contributed by atoms with Gasteiger partial charge in [0.1, 0.15) is 35.0 Å². The second-order valence-corrected chi connectivity index (χ2v) is 8.62. The first-order chi connectivity index (χ1) is 16.6. The summed E-state index contributed by atoms with van der Waals surface area (Å²) in [7, 11) is 1.58. The zero-order chi connectivity index (χ0) is 23.9. The molecule has 1 amide bonds. The number of nitriles is 1. The van der Waals surface area contributed by atoms with Crippen LogP contribution in [0.1, 0.15) is 11.4 Å². The Morgan fingerprint density at radius 3 is 2.68 bits per heavy atom. The number of nitrogens with zero attached hydrogens (tertiary/aromatic N) is 4. The van der Waals surface area contributed by atoms with Gasteiger partial charge in [-0.1, -0.05) is 23.9 Å². The van der Waals surface area contributed by atoms with E-state index in [0.717, 1.165) is 11.8 Å². The number of para-hydroxylation sites is 1. The van der Waals surface area contributed by atoms with Crippen molar-refractivity contribution < 1.29 is 18.7 Å². The van der Waals surface area contributed by atoms with Crippen LogP contribution in [0.3, 0.4) is 0 Å². The Morgan fingerprint density at radius 2 is 1.94 bits per heavy atom. The van der Waals surface area contributed by atoms with Crippen LogP contribution in [0.4, 0.5) is 9.39 Å². The van der Waals surface area contributed by atoms with E-state index in [2.05, 4.69) is 15.5 Å². The molecule has 8 nitrogen and oxygen atoms in total. The molecule has 0 atom stereocenters. The van der Waals surface area contributed by atoms with Gasteiger partial charge in [-0.15, -0.1) is 21.5 Å². The molecule has 0 unspecified atom stereocenters. The molecule has 0 saturated carbocycles. The lowest BCUT2D eigenvalue weighted by atomic mass is 10.3. The van der Waals surface area contributed by atoms with Gasteiger partial charge in [-0.2, -0.15) is 5.26 Å². The van der Waals surface area contributed by atoms with Crippen LogP contribution in [0.2, 0.25) is 0 Å². The van der Waals surface area contributed by atoms with Crippen molar-refractivity contribution in [1.29, 1.82) is 5.26 Å². The van der Waals surface area contributed by atoms with Crippen LogP contribution in [-0.2, 0) is 11.4 Å². The highest BCUT2D eigenvalue weighted by Gasteiger charge is 2.19. The molecule has 1 N–H and O–H groups in total. The van der Waals surface area contributed by atoms with Gasteiger partial charge in [0.25, 0.3) is 0 Å². The van der Waals surface area contributed by atoms with Crippen molar-refractivity contribution in [3.8, 4) is 23.3 Å². The lowest BCUT2D eigenvalue weighted by molar-refractivity contribution is -0.113. The quantitative estimate of drug-likeness (QED) is 0.337. The van der Waals surface area contributed by atoms with Crippen molar-refractivity contribution in [3.05, 3.63) is 77.2 Å². The Kier molecular flexibility index (Phi) is 7.41. The minimum atomic E-state index is -0.462. The molecule has 0 aliphatic rings. The number of thiophene rings is 1. The second kappa shape index (κ2) is 10.8. The molecule has 2 aromatic carbocycles. The number of nitrogens with one attached hydrogen (secondary N) is 1. The Labute approximate surface area is 203 Å². The third-order valence-electron chi connectivity index (χ3n) is 4.59. The predicted octanol–water partition coefficient (Wildman–Crippen LogP) is 4.66. The number of methoxy groups -OCH3 is 1. The average molecular weight is 496 g/mol. The van der Waals surface area contributed by atoms with E-state index in [9.17, 15) is 9.18 Å². The summed E-state index contributed by atoms with van der Waals surface area (Å²) in [5, 5.41) is 22.7. The summed E-state index contributed by atoms with van der Waals surface area (Å²) in [6.45, 7) is 0.0289. The van der Waals surface area contributed by atoms with Gasteiger partial charge in [-0.05, 0) is 47.8 Å². The molecule has 0 bridgehead atoms. The van der Waals surface area contributed by atoms with Crippen molar-refractivity contribution in [3.63, 3.8) is 0 Å². The molecule has 34 heavy (non-hydrogen) atoms. The van der Waals surface area contributed by atoms with Crippen molar-refractivity contribution >= 4 is 34.0 Å². The van der Waals surface area contributed by atoms with Crippen molar-refractivity contribution in [2.75, 3.05) is 18.2 Å². The maximum Gasteiger partial charge on any atom is 0.235 e. The second-order valence-electron chi connectivity index (χ2n) is 6.76. The first-order valence-electron chi connectivity index (χ1n) is 9.95. The first-order valence-corrected chi connectivity index (χ1v) is 11.8. The SMILES string of the molecule is COc1ccc(OCc2nnc(SCC(=O)Nc3sccc3C#N)n2-c2ccccc2F)cc1. The molecule has 2 aromatic heterocycles. The van der Waals surface area contributed by atoms with Crippen LogP contribution in [0.25, 0.3) is 5.69 Å². The van der Waals surface area contributed by atoms with Gasteiger partial charge in [-0.3, -0.25) is 9.36 Å². The molecular weight excluding hydrogens is 477 g/mol. The fraction of sp³-hybridized carbons (Fsp3) is 0.130. The number of carbonyl (C=O) groups is 1. The minimum Gasteiger partial charge on any atom is -0.497 e. The third kappa shape index (κ3) is 5.36. The highest BCUT2D eigenvalue weighted by Crippen LogP contribution is 2.27. The number of halogens is 1. The smallest absolute Gasteiger partial charge is 0.235 e. The predicted molar refractivity (Wildman–Crippen MR) is 127 cm³/mol. The molecule has 0 fully saturated rings. The lowest BCUT2D eigenvalue weighted by Crippen LogP contribution is -2.15. The molecular formula is C23H18FN5O3S2. The van der Waals surface area contributed by atoms with E-state index in [-0.39, 0.29) is 24.0 Å². The average Bonchev–Trinajstić information content (AvgIpc) is 3.48. The van der Waals surface area contributed by atoms with Crippen LogP contribution in [0.15, 0.2) is 65.1 Å². The number of aromatic nitrogens is 3. The Balaban J connectivity index is 1.52. The summed E-state index contributed by atoms with van der Waals surface area (Å²) < 4.78 is 27.1. The molecule has 0 spiro atoms. The van der Waals surface area contributed by atoms with Gasteiger partial charge in [0, 0.05) is 0 Å². The molecule has 0 aliphatic heterocycles. The fourth-order valence-electron chi connectivity index (χ4n) is 2.97. The molecule has 2 heterocycles. The van der Waals surface area contributed by atoms with Gasteiger partial charge < -0.3 is 14.8 Å². The van der Waals surface area contributed by atoms with Crippen LogP contribution < -0.4 is 14.8 Å². The highest BCUT2D eigenvalue weighted by molar-refractivity contribution is 7.99. The molecule has 0 radical (unpaired) electrons. The van der Waals surface area contributed by atoms with Crippen LogP contribution in [-0.4, -0.2) is 33.5 Å². The summed E-state index contributed by atoms with van der Waals surface area (Å²) in [6.07, 6.45) is 0. The van der Waals surface area contributed by atoms with E-state index in [4.69, 9.17) is 14.7 Å². The van der Waals surface area contributed by atoms with E-state index >= 15 is 0 Å². The Bertz CT molecular complexity index is 1330. The molecule has 4 rings (SSSR count). The summed E-state index contributed by atoms with van der Waals surface area (Å²) in [5.74, 6) is 0.868. The summed E-state index contributed by atoms with van der Waals surface area (Å²) in [5.41, 5.74) is 0.643. The molecule has 0 aliphatic carbocycles. The van der Waals surface area contributed by atoms with Crippen LogP contribution >= 0.6 is 23.1 Å². The van der Waals surface area contributed by atoms with Crippen molar-refractivity contribution in [1.82, 2.24) is 14.8 Å². The summed E-state index contributed by atoms with van der Waals surface area (Å²) >= 11 is 2.37. The van der Waals surface area contributed by atoms with Crippen LogP contribution in [0.5, 0.6) is 11.5 Å². The number of ether oxygens (including phenoxy) is 2. The number of thioether (sulfide) groups is 1. The number of rotatable bonds is 9. The number of anilines is 1. The lowest BCUT2D eigenvalue weighted by Gasteiger charge is -2.12. The van der Waals surface area contributed by atoms with E-state index in [0.29, 0.717) is 33.0 Å². The standard InChI is InChI=1S/C23H18FN5O3S2/c1-31-16-6-8-17(9-7-16)32-13-20-27-28-23(29(20)19-5-3-2-4-18(19)24)34-14-21(30)26-22-15(12-25)10-11-33-22/h2-11H,13-14H2,1H3,(H,26,30). The summed E-state index contributed by atoms with van der Waals surface area (Å²) in [6, 6.07) is 16.9.